The van der Waals surface area contributed by atoms with E-state index in [0.29, 0.717) is 0 Å². The minimum Gasteiger partial charge on any atom is -0.497 e. The lowest BCUT2D eigenvalue weighted by Crippen LogP contribution is -2.51. The van der Waals surface area contributed by atoms with E-state index in [9.17, 15) is 0 Å². The van der Waals surface area contributed by atoms with Crippen LogP contribution < -0.4 is 16.2 Å². The lowest BCUT2D eigenvalue weighted by Gasteiger charge is -2.34. The van der Waals surface area contributed by atoms with Gasteiger partial charge in [0.2, 0.25) is 0 Å². The highest BCUT2D eigenvalue weighted by atomic mass is 16.5. The number of benzene rings is 1. The first-order valence-corrected chi connectivity index (χ1v) is 6.04. The molecule has 2 atom stereocenters. The summed E-state index contributed by atoms with van der Waals surface area (Å²) in [5.74, 6) is 0.890. The lowest BCUT2D eigenvalue weighted by atomic mass is 10.0. The molecule has 0 spiro atoms. The molecule has 1 saturated heterocycles. The Balaban J connectivity index is 1.95. The highest BCUT2D eigenvalue weighted by Crippen LogP contribution is 2.15. The monoisotopic (exact) mass is 235 g/mol. The average Bonchev–Trinajstić information content (AvgIpc) is 2.28. The van der Waals surface area contributed by atoms with Crippen LogP contribution in [0.3, 0.4) is 0 Å². The van der Waals surface area contributed by atoms with Crippen molar-refractivity contribution in [3.8, 4) is 5.75 Å². The van der Waals surface area contributed by atoms with Crippen molar-refractivity contribution < 1.29 is 4.74 Å². The van der Waals surface area contributed by atoms with E-state index in [2.05, 4.69) is 17.0 Å². The molecular weight excluding hydrogens is 214 g/mol. The van der Waals surface area contributed by atoms with E-state index < -0.39 is 0 Å². The van der Waals surface area contributed by atoms with Crippen LogP contribution in [0.15, 0.2) is 24.3 Å². The highest BCUT2D eigenvalue weighted by molar-refractivity contribution is 5.27. The molecule has 94 valence electrons. The Bertz CT molecular complexity index is 342. The van der Waals surface area contributed by atoms with Gasteiger partial charge in [-0.25, -0.2) is 0 Å². The number of nitrogens with two attached hydrogens (primary N) is 2. The Morgan fingerprint density at radius 3 is 2.29 bits per heavy atom. The Morgan fingerprint density at radius 1 is 1.18 bits per heavy atom. The summed E-state index contributed by atoms with van der Waals surface area (Å²) in [4.78, 5) is 2.32. The molecule has 0 aromatic heterocycles. The number of rotatable bonds is 3. The summed E-state index contributed by atoms with van der Waals surface area (Å²) in [6.07, 6.45) is 0.930. The number of likely N-dealkylation sites (tertiary alicyclic amines) is 1. The van der Waals surface area contributed by atoms with Gasteiger partial charge < -0.3 is 16.2 Å². The minimum atomic E-state index is 0.206. The topological polar surface area (TPSA) is 64.5 Å². The molecule has 1 aliphatic heterocycles. The lowest BCUT2D eigenvalue weighted by molar-refractivity contribution is 0.183. The Morgan fingerprint density at radius 2 is 1.76 bits per heavy atom. The van der Waals surface area contributed by atoms with Gasteiger partial charge >= 0.3 is 0 Å². The van der Waals surface area contributed by atoms with Gasteiger partial charge in [-0.15, -0.1) is 0 Å². The standard InChI is InChI=1S/C13H21N3O/c1-17-13-4-2-10(3-5-13)7-16-8-11(14)6-12(15)9-16/h2-5,11-12H,6-9,14-15H2,1H3. The van der Waals surface area contributed by atoms with Crippen LogP contribution in [0.25, 0.3) is 0 Å². The fourth-order valence-corrected chi connectivity index (χ4v) is 2.39. The van der Waals surface area contributed by atoms with Gasteiger partial charge in [0, 0.05) is 31.7 Å². The number of methoxy groups -OCH3 is 1. The summed E-state index contributed by atoms with van der Waals surface area (Å²) < 4.78 is 5.14. The summed E-state index contributed by atoms with van der Waals surface area (Å²) in [6, 6.07) is 8.56. The molecule has 1 heterocycles. The van der Waals surface area contributed by atoms with Crippen LogP contribution in [0.5, 0.6) is 5.75 Å². The summed E-state index contributed by atoms with van der Waals surface area (Å²) in [7, 11) is 1.68. The molecule has 2 unspecified atom stereocenters. The Kier molecular flexibility index (Phi) is 3.99. The van der Waals surface area contributed by atoms with E-state index in [4.69, 9.17) is 16.2 Å². The second-order valence-corrected chi connectivity index (χ2v) is 4.80. The molecule has 0 saturated carbocycles. The molecule has 1 aromatic carbocycles. The van der Waals surface area contributed by atoms with Crippen molar-refractivity contribution in [3.05, 3.63) is 29.8 Å². The zero-order valence-electron chi connectivity index (χ0n) is 10.3. The first kappa shape index (κ1) is 12.4. The quantitative estimate of drug-likeness (QED) is 0.803. The fourth-order valence-electron chi connectivity index (χ4n) is 2.39. The van der Waals surface area contributed by atoms with Crippen LogP contribution in [0.1, 0.15) is 12.0 Å². The highest BCUT2D eigenvalue weighted by Gasteiger charge is 2.22. The van der Waals surface area contributed by atoms with Crippen LogP contribution in [0.4, 0.5) is 0 Å². The van der Waals surface area contributed by atoms with E-state index in [0.717, 1.165) is 31.8 Å². The number of hydrogen-bond acceptors (Lipinski definition) is 4. The summed E-state index contributed by atoms with van der Waals surface area (Å²) in [6.45, 7) is 2.77. The molecule has 2 rings (SSSR count). The molecule has 0 radical (unpaired) electrons. The van der Waals surface area contributed by atoms with Crippen molar-refractivity contribution in [1.29, 1.82) is 0 Å². The van der Waals surface area contributed by atoms with Gasteiger partial charge in [0.1, 0.15) is 5.75 Å². The van der Waals surface area contributed by atoms with Crippen molar-refractivity contribution in [2.24, 2.45) is 11.5 Å². The molecule has 4 heteroatoms. The van der Waals surface area contributed by atoms with Crippen LogP contribution in [-0.4, -0.2) is 37.2 Å². The first-order valence-electron chi connectivity index (χ1n) is 6.04. The fraction of sp³-hybridized carbons (Fsp3) is 0.538. The molecule has 0 amide bonds. The van der Waals surface area contributed by atoms with Crippen molar-refractivity contribution in [3.63, 3.8) is 0 Å². The second kappa shape index (κ2) is 5.49. The molecule has 4 N–H and O–H groups in total. The molecule has 0 bridgehead atoms. The molecule has 1 aliphatic rings. The number of ether oxygens (including phenoxy) is 1. The van der Waals surface area contributed by atoms with Crippen LogP contribution in [-0.2, 0) is 6.54 Å². The average molecular weight is 235 g/mol. The zero-order chi connectivity index (χ0) is 12.3. The number of nitrogens with zero attached hydrogens (tertiary/aromatic N) is 1. The van der Waals surface area contributed by atoms with Gasteiger partial charge in [-0.3, -0.25) is 4.90 Å². The molecule has 1 fully saturated rings. The third-order valence-corrected chi connectivity index (χ3v) is 3.16. The predicted octanol–water partition coefficient (Wildman–Crippen LogP) is 0.556. The molecule has 1 aromatic rings. The van der Waals surface area contributed by atoms with Gasteiger partial charge in [0.05, 0.1) is 7.11 Å². The molecule has 0 aliphatic carbocycles. The summed E-state index contributed by atoms with van der Waals surface area (Å²) in [5, 5.41) is 0. The van der Waals surface area contributed by atoms with Crippen molar-refractivity contribution in [1.82, 2.24) is 4.90 Å². The Hall–Kier alpha value is -1.10. The van der Waals surface area contributed by atoms with Gasteiger partial charge in [0.15, 0.2) is 0 Å². The van der Waals surface area contributed by atoms with Gasteiger partial charge in [-0.1, -0.05) is 12.1 Å². The van der Waals surface area contributed by atoms with E-state index in [1.54, 1.807) is 7.11 Å². The number of hydrogen-bond donors (Lipinski definition) is 2. The molecular formula is C13H21N3O. The van der Waals surface area contributed by atoms with Crippen molar-refractivity contribution in [2.75, 3.05) is 20.2 Å². The normalized spacial score (nSPS) is 25.8. The maximum absolute atomic E-state index is 5.97. The van der Waals surface area contributed by atoms with Gasteiger partial charge in [-0.2, -0.15) is 0 Å². The van der Waals surface area contributed by atoms with Gasteiger partial charge in [0.25, 0.3) is 0 Å². The summed E-state index contributed by atoms with van der Waals surface area (Å²) >= 11 is 0. The number of piperidine rings is 1. The maximum Gasteiger partial charge on any atom is 0.118 e. The first-order chi connectivity index (χ1) is 8.17. The van der Waals surface area contributed by atoms with Crippen molar-refractivity contribution in [2.45, 2.75) is 25.0 Å². The second-order valence-electron chi connectivity index (χ2n) is 4.80. The minimum absolute atomic E-state index is 0.206. The van der Waals surface area contributed by atoms with Gasteiger partial charge in [-0.05, 0) is 24.1 Å². The van der Waals surface area contributed by atoms with E-state index in [-0.39, 0.29) is 12.1 Å². The maximum atomic E-state index is 5.97. The Labute approximate surface area is 103 Å². The molecule has 17 heavy (non-hydrogen) atoms. The van der Waals surface area contributed by atoms with Crippen LogP contribution >= 0.6 is 0 Å². The van der Waals surface area contributed by atoms with E-state index in [1.807, 2.05) is 12.1 Å². The third kappa shape index (κ3) is 3.43. The van der Waals surface area contributed by atoms with Crippen molar-refractivity contribution >= 4 is 0 Å². The molecule has 4 nitrogen and oxygen atoms in total. The van der Waals surface area contributed by atoms with Crippen LogP contribution in [0, 0.1) is 0 Å². The largest absolute Gasteiger partial charge is 0.497 e. The van der Waals surface area contributed by atoms with E-state index >= 15 is 0 Å². The predicted molar refractivity (Wildman–Crippen MR) is 68.8 cm³/mol. The van der Waals surface area contributed by atoms with Crippen LogP contribution in [0.2, 0.25) is 0 Å². The van der Waals surface area contributed by atoms with E-state index in [1.165, 1.54) is 5.56 Å². The SMILES string of the molecule is COc1ccc(CN2CC(N)CC(N)C2)cc1. The summed E-state index contributed by atoms with van der Waals surface area (Å²) in [5.41, 5.74) is 13.2. The smallest absolute Gasteiger partial charge is 0.118 e. The zero-order valence-corrected chi connectivity index (χ0v) is 10.3. The third-order valence-electron chi connectivity index (χ3n) is 3.16.